The molecule has 1 nitrogen and oxygen atoms in total. The highest BCUT2D eigenvalue weighted by atomic mass is 16.5. The van der Waals surface area contributed by atoms with E-state index in [1.807, 2.05) is 0 Å². The van der Waals surface area contributed by atoms with Crippen LogP contribution in [-0.4, -0.2) is 13.2 Å². The molecule has 2 atom stereocenters. The Morgan fingerprint density at radius 1 is 1.50 bits per heavy atom. The van der Waals surface area contributed by atoms with Gasteiger partial charge in [0.15, 0.2) is 0 Å². The van der Waals surface area contributed by atoms with Gasteiger partial charge in [0, 0.05) is 7.11 Å². The van der Waals surface area contributed by atoms with Crippen molar-refractivity contribution in [2.24, 2.45) is 11.8 Å². The Morgan fingerprint density at radius 3 is 2.25 bits per heavy atom. The van der Waals surface area contributed by atoms with Gasteiger partial charge in [0.05, 0.1) is 6.10 Å². The maximum absolute atomic E-state index is 5.14. The van der Waals surface area contributed by atoms with Crippen LogP contribution in [0.5, 0.6) is 0 Å². The number of rotatable bonds is 2. The van der Waals surface area contributed by atoms with Crippen molar-refractivity contribution >= 4 is 0 Å². The summed E-state index contributed by atoms with van der Waals surface area (Å²) in [7, 11) is 1.80. The SMILES string of the molecule is CO[C@@H]1C[C@H]1C(C)C. The summed E-state index contributed by atoms with van der Waals surface area (Å²) < 4.78 is 5.14. The maximum atomic E-state index is 5.14. The highest BCUT2D eigenvalue weighted by molar-refractivity contribution is 4.89. The molecule has 0 aromatic heterocycles. The molecular weight excluding hydrogens is 100 g/mol. The first-order valence-electron chi connectivity index (χ1n) is 3.28. The predicted molar refractivity (Wildman–Crippen MR) is 33.7 cm³/mol. The number of hydrogen-bond donors (Lipinski definition) is 0. The van der Waals surface area contributed by atoms with Crippen molar-refractivity contribution < 1.29 is 4.74 Å². The van der Waals surface area contributed by atoms with Gasteiger partial charge >= 0.3 is 0 Å². The van der Waals surface area contributed by atoms with Crippen molar-refractivity contribution in [2.75, 3.05) is 7.11 Å². The van der Waals surface area contributed by atoms with E-state index in [0.29, 0.717) is 6.10 Å². The van der Waals surface area contributed by atoms with E-state index in [4.69, 9.17) is 4.74 Å². The fourth-order valence-corrected chi connectivity index (χ4v) is 1.16. The standard InChI is InChI=1S/C7H14O/c1-5(2)6-4-7(6)8-3/h5-7H,4H2,1-3H3/t6-,7+/m0/s1. The fourth-order valence-electron chi connectivity index (χ4n) is 1.16. The van der Waals surface area contributed by atoms with Crippen LogP contribution in [0.25, 0.3) is 0 Å². The van der Waals surface area contributed by atoms with Crippen LogP contribution >= 0.6 is 0 Å². The van der Waals surface area contributed by atoms with E-state index in [9.17, 15) is 0 Å². The molecule has 1 heteroatoms. The van der Waals surface area contributed by atoms with E-state index in [1.54, 1.807) is 7.11 Å². The molecule has 0 heterocycles. The van der Waals surface area contributed by atoms with Gasteiger partial charge in [-0.2, -0.15) is 0 Å². The van der Waals surface area contributed by atoms with Gasteiger partial charge in [0.25, 0.3) is 0 Å². The van der Waals surface area contributed by atoms with Gasteiger partial charge in [0.1, 0.15) is 0 Å². The van der Waals surface area contributed by atoms with Crippen LogP contribution in [0.2, 0.25) is 0 Å². The van der Waals surface area contributed by atoms with E-state index in [-0.39, 0.29) is 0 Å². The molecule has 1 rings (SSSR count). The second kappa shape index (κ2) is 2.06. The third-order valence-electron chi connectivity index (χ3n) is 1.94. The molecule has 0 unspecified atom stereocenters. The van der Waals surface area contributed by atoms with Gasteiger partial charge in [-0.25, -0.2) is 0 Å². The van der Waals surface area contributed by atoms with E-state index in [1.165, 1.54) is 6.42 Å². The van der Waals surface area contributed by atoms with E-state index >= 15 is 0 Å². The molecule has 1 fully saturated rings. The average Bonchev–Trinajstić information content (AvgIpc) is 2.42. The highest BCUT2D eigenvalue weighted by Crippen LogP contribution is 2.39. The van der Waals surface area contributed by atoms with Gasteiger partial charge < -0.3 is 4.74 Å². The monoisotopic (exact) mass is 114 g/mol. The molecule has 1 saturated carbocycles. The Labute approximate surface area is 51.0 Å². The van der Waals surface area contributed by atoms with E-state index in [2.05, 4.69) is 13.8 Å². The lowest BCUT2D eigenvalue weighted by Gasteiger charge is -1.99. The van der Waals surface area contributed by atoms with Crippen molar-refractivity contribution in [1.29, 1.82) is 0 Å². The molecule has 0 amide bonds. The lowest BCUT2D eigenvalue weighted by molar-refractivity contribution is 0.161. The van der Waals surface area contributed by atoms with Crippen molar-refractivity contribution in [3.05, 3.63) is 0 Å². The third-order valence-corrected chi connectivity index (χ3v) is 1.94. The van der Waals surface area contributed by atoms with Crippen molar-refractivity contribution in [1.82, 2.24) is 0 Å². The summed E-state index contributed by atoms with van der Waals surface area (Å²) in [4.78, 5) is 0. The Morgan fingerprint density at radius 2 is 2.12 bits per heavy atom. The molecule has 0 aromatic rings. The van der Waals surface area contributed by atoms with Crippen LogP contribution in [0.15, 0.2) is 0 Å². The summed E-state index contributed by atoms with van der Waals surface area (Å²) in [5.41, 5.74) is 0. The lowest BCUT2D eigenvalue weighted by Crippen LogP contribution is -1.97. The molecule has 8 heavy (non-hydrogen) atoms. The zero-order valence-corrected chi connectivity index (χ0v) is 5.85. The molecule has 0 saturated heterocycles. The molecule has 0 aromatic carbocycles. The fraction of sp³-hybridized carbons (Fsp3) is 1.00. The molecule has 0 bridgehead atoms. The molecular formula is C7H14O. The van der Waals surface area contributed by atoms with Crippen LogP contribution in [0.3, 0.4) is 0 Å². The first kappa shape index (κ1) is 6.09. The summed E-state index contributed by atoms with van der Waals surface area (Å²) in [5.74, 6) is 1.68. The molecule has 0 aliphatic heterocycles. The smallest absolute Gasteiger partial charge is 0.0606 e. The first-order chi connectivity index (χ1) is 3.75. The van der Waals surface area contributed by atoms with Gasteiger partial charge in [-0.15, -0.1) is 0 Å². The third kappa shape index (κ3) is 1.03. The predicted octanol–water partition coefficient (Wildman–Crippen LogP) is 1.68. The molecule has 0 radical (unpaired) electrons. The first-order valence-corrected chi connectivity index (χ1v) is 3.28. The Bertz CT molecular complexity index is 78.5. The number of ether oxygens (including phenoxy) is 1. The highest BCUT2D eigenvalue weighted by Gasteiger charge is 2.39. The van der Waals surface area contributed by atoms with Gasteiger partial charge in [-0.3, -0.25) is 0 Å². The summed E-state index contributed by atoms with van der Waals surface area (Å²) in [6, 6.07) is 0. The molecule has 0 N–H and O–H groups in total. The quantitative estimate of drug-likeness (QED) is 0.530. The van der Waals surface area contributed by atoms with Crippen LogP contribution in [0, 0.1) is 11.8 Å². The van der Waals surface area contributed by atoms with Crippen LogP contribution in [0.4, 0.5) is 0 Å². The topological polar surface area (TPSA) is 9.23 Å². The summed E-state index contributed by atoms with van der Waals surface area (Å²) >= 11 is 0. The number of methoxy groups -OCH3 is 1. The van der Waals surface area contributed by atoms with E-state index in [0.717, 1.165) is 11.8 Å². The minimum absolute atomic E-state index is 0.593. The zero-order valence-electron chi connectivity index (χ0n) is 5.85. The van der Waals surface area contributed by atoms with Crippen LogP contribution in [-0.2, 0) is 4.74 Å². The van der Waals surface area contributed by atoms with Gasteiger partial charge in [-0.1, -0.05) is 13.8 Å². The van der Waals surface area contributed by atoms with Crippen LogP contribution in [0.1, 0.15) is 20.3 Å². The minimum atomic E-state index is 0.593. The lowest BCUT2D eigenvalue weighted by atomic mass is 10.1. The Balaban J connectivity index is 2.16. The Hall–Kier alpha value is -0.0400. The van der Waals surface area contributed by atoms with Crippen molar-refractivity contribution in [3.8, 4) is 0 Å². The van der Waals surface area contributed by atoms with Crippen molar-refractivity contribution in [2.45, 2.75) is 26.4 Å². The summed E-state index contributed by atoms with van der Waals surface area (Å²) in [6.07, 6.45) is 1.88. The number of hydrogen-bond acceptors (Lipinski definition) is 1. The Kier molecular flexibility index (Phi) is 1.57. The van der Waals surface area contributed by atoms with Gasteiger partial charge in [-0.05, 0) is 18.3 Å². The zero-order chi connectivity index (χ0) is 6.15. The molecule has 0 spiro atoms. The summed E-state index contributed by atoms with van der Waals surface area (Å²) in [5, 5.41) is 0. The largest absolute Gasteiger partial charge is 0.381 e. The van der Waals surface area contributed by atoms with Crippen LogP contribution < -0.4 is 0 Å². The molecule has 48 valence electrons. The molecule has 1 aliphatic carbocycles. The van der Waals surface area contributed by atoms with Gasteiger partial charge in [0.2, 0.25) is 0 Å². The minimum Gasteiger partial charge on any atom is -0.381 e. The van der Waals surface area contributed by atoms with Crippen molar-refractivity contribution in [3.63, 3.8) is 0 Å². The summed E-state index contributed by atoms with van der Waals surface area (Å²) in [6.45, 7) is 4.51. The molecule has 1 aliphatic rings. The normalized spacial score (nSPS) is 36.0. The second-order valence-electron chi connectivity index (χ2n) is 2.92. The second-order valence-corrected chi connectivity index (χ2v) is 2.92. The maximum Gasteiger partial charge on any atom is 0.0606 e. The average molecular weight is 114 g/mol. The van der Waals surface area contributed by atoms with E-state index < -0.39 is 0 Å².